The first-order chi connectivity index (χ1) is 6.47. The van der Waals surface area contributed by atoms with Crippen molar-refractivity contribution in [2.45, 2.75) is 13.8 Å². The first kappa shape index (κ1) is 13.8. The van der Waals surface area contributed by atoms with Crippen molar-refractivity contribution < 1.29 is 4.79 Å². The van der Waals surface area contributed by atoms with Gasteiger partial charge in [0.1, 0.15) is 0 Å². The quantitative estimate of drug-likeness (QED) is 0.671. The molecule has 14 heavy (non-hydrogen) atoms. The van der Waals surface area contributed by atoms with E-state index in [4.69, 9.17) is 0 Å². The Hall–Kier alpha value is -0.220. The van der Waals surface area contributed by atoms with Crippen LogP contribution >= 0.6 is 12.6 Å². The molecule has 0 rings (SSSR count). The van der Waals surface area contributed by atoms with E-state index in [1.54, 1.807) is 0 Å². The summed E-state index contributed by atoms with van der Waals surface area (Å²) in [6.07, 6.45) is 0. The first-order valence-corrected chi connectivity index (χ1v) is 5.64. The van der Waals surface area contributed by atoms with Crippen molar-refractivity contribution in [2.24, 2.45) is 5.92 Å². The fourth-order valence-electron chi connectivity index (χ4n) is 1.18. The molecule has 0 spiro atoms. The molecular weight excluding hydrogens is 196 g/mol. The average Bonchev–Trinajstić information content (AvgIpc) is 2.10. The number of rotatable bonds is 6. The van der Waals surface area contributed by atoms with Gasteiger partial charge in [-0.05, 0) is 20.0 Å². The van der Waals surface area contributed by atoms with Gasteiger partial charge in [0.2, 0.25) is 5.91 Å². The van der Waals surface area contributed by atoms with Crippen molar-refractivity contribution >= 4 is 18.5 Å². The Morgan fingerprint density at radius 3 is 2.21 bits per heavy atom. The molecule has 0 fully saturated rings. The molecule has 0 saturated carbocycles. The molecule has 0 aliphatic heterocycles. The number of carbonyl (C=O) groups is 1. The van der Waals surface area contributed by atoms with E-state index in [1.807, 2.05) is 19.0 Å². The molecule has 0 bridgehead atoms. The van der Waals surface area contributed by atoms with Crippen LogP contribution in [0.2, 0.25) is 0 Å². The Bertz CT molecular complexity index is 172. The van der Waals surface area contributed by atoms with E-state index in [0.29, 0.717) is 11.7 Å². The normalized spacial score (nSPS) is 11.1. The summed E-state index contributed by atoms with van der Waals surface area (Å²) in [5.41, 5.74) is 0. The lowest BCUT2D eigenvalue weighted by atomic mass is 10.2. The van der Waals surface area contributed by atoms with Crippen molar-refractivity contribution in [1.29, 1.82) is 0 Å². The highest BCUT2D eigenvalue weighted by molar-refractivity contribution is 7.81. The molecule has 0 aromatic carbocycles. The SMILES string of the molecule is CC(C)CN(CCN(C)C)C(=O)CS. The van der Waals surface area contributed by atoms with E-state index in [9.17, 15) is 4.79 Å². The fourth-order valence-corrected chi connectivity index (χ4v) is 1.38. The molecule has 0 heterocycles. The Morgan fingerprint density at radius 2 is 1.86 bits per heavy atom. The summed E-state index contributed by atoms with van der Waals surface area (Å²) in [4.78, 5) is 15.5. The largest absolute Gasteiger partial charge is 0.340 e. The second kappa shape index (κ2) is 7.12. The van der Waals surface area contributed by atoms with Gasteiger partial charge in [-0.3, -0.25) is 4.79 Å². The lowest BCUT2D eigenvalue weighted by molar-refractivity contribution is -0.129. The van der Waals surface area contributed by atoms with Crippen LogP contribution in [0.4, 0.5) is 0 Å². The highest BCUT2D eigenvalue weighted by Crippen LogP contribution is 2.00. The lowest BCUT2D eigenvalue weighted by Gasteiger charge is -2.25. The minimum atomic E-state index is 0.129. The van der Waals surface area contributed by atoms with Gasteiger partial charge < -0.3 is 9.80 Å². The first-order valence-electron chi connectivity index (χ1n) is 5.00. The second-order valence-electron chi connectivity index (χ2n) is 4.19. The van der Waals surface area contributed by atoms with Crippen molar-refractivity contribution in [3.05, 3.63) is 0 Å². The highest BCUT2D eigenvalue weighted by atomic mass is 32.1. The topological polar surface area (TPSA) is 23.6 Å². The van der Waals surface area contributed by atoms with Crippen LogP contribution in [0.3, 0.4) is 0 Å². The molecule has 0 aliphatic rings. The lowest BCUT2D eigenvalue weighted by Crippen LogP contribution is -2.39. The second-order valence-corrected chi connectivity index (χ2v) is 4.51. The van der Waals surface area contributed by atoms with Crippen LogP contribution in [0.25, 0.3) is 0 Å². The molecule has 0 unspecified atom stereocenters. The Balaban J connectivity index is 4.04. The Labute approximate surface area is 92.9 Å². The molecule has 0 atom stereocenters. The van der Waals surface area contributed by atoms with Crippen LogP contribution in [-0.4, -0.2) is 55.2 Å². The number of nitrogens with zero attached hydrogens (tertiary/aromatic N) is 2. The molecule has 0 aromatic heterocycles. The predicted octanol–water partition coefficient (Wildman–Crippen LogP) is 0.962. The predicted molar refractivity (Wildman–Crippen MR) is 63.8 cm³/mol. The zero-order valence-electron chi connectivity index (χ0n) is 9.66. The molecule has 0 aliphatic carbocycles. The molecule has 0 saturated heterocycles. The fraction of sp³-hybridized carbons (Fsp3) is 0.900. The zero-order valence-corrected chi connectivity index (χ0v) is 10.6. The molecule has 84 valence electrons. The number of thiol groups is 1. The van der Waals surface area contributed by atoms with Gasteiger partial charge in [-0.1, -0.05) is 13.8 Å². The molecule has 3 nitrogen and oxygen atoms in total. The zero-order chi connectivity index (χ0) is 11.1. The number of hydrogen-bond donors (Lipinski definition) is 1. The molecule has 4 heteroatoms. The third kappa shape index (κ3) is 6.27. The number of likely N-dealkylation sites (N-methyl/N-ethyl adjacent to an activating group) is 1. The third-order valence-corrected chi connectivity index (χ3v) is 2.16. The van der Waals surface area contributed by atoms with Gasteiger partial charge in [-0.2, -0.15) is 12.6 Å². The maximum atomic E-state index is 11.5. The van der Waals surface area contributed by atoms with Crippen molar-refractivity contribution in [3.63, 3.8) is 0 Å². The van der Waals surface area contributed by atoms with Crippen LogP contribution in [0.15, 0.2) is 0 Å². The summed E-state index contributed by atoms with van der Waals surface area (Å²) < 4.78 is 0. The van der Waals surface area contributed by atoms with E-state index in [-0.39, 0.29) is 5.91 Å². The maximum absolute atomic E-state index is 11.5. The van der Waals surface area contributed by atoms with Gasteiger partial charge >= 0.3 is 0 Å². The van der Waals surface area contributed by atoms with Gasteiger partial charge in [0.15, 0.2) is 0 Å². The van der Waals surface area contributed by atoms with E-state index in [0.717, 1.165) is 19.6 Å². The van der Waals surface area contributed by atoms with Crippen molar-refractivity contribution in [2.75, 3.05) is 39.5 Å². The molecule has 0 aromatic rings. The minimum Gasteiger partial charge on any atom is -0.340 e. The number of carbonyl (C=O) groups excluding carboxylic acids is 1. The van der Waals surface area contributed by atoms with Crippen molar-refractivity contribution in [3.8, 4) is 0 Å². The maximum Gasteiger partial charge on any atom is 0.232 e. The van der Waals surface area contributed by atoms with Crippen LogP contribution in [0.1, 0.15) is 13.8 Å². The van der Waals surface area contributed by atoms with E-state index in [2.05, 4.69) is 31.4 Å². The van der Waals surface area contributed by atoms with Gasteiger partial charge in [0.25, 0.3) is 0 Å². The Morgan fingerprint density at radius 1 is 1.29 bits per heavy atom. The minimum absolute atomic E-state index is 0.129. The van der Waals surface area contributed by atoms with E-state index >= 15 is 0 Å². The van der Waals surface area contributed by atoms with Gasteiger partial charge in [0, 0.05) is 19.6 Å². The highest BCUT2D eigenvalue weighted by Gasteiger charge is 2.12. The number of amides is 1. The molecule has 0 N–H and O–H groups in total. The summed E-state index contributed by atoms with van der Waals surface area (Å²) in [6.45, 7) is 6.77. The third-order valence-electron chi connectivity index (χ3n) is 1.89. The summed E-state index contributed by atoms with van der Waals surface area (Å²) in [6, 6.07) is 0. The average molecular weight is 218 g/mol. The Kier molecular flexibility index (Phi) is 7.01. The summed E-state index contributed by atoms with van der Waals surface area (Å²) >= 11 is 4.02. The summed E-state index contributed by atoms with van der Waals surface area (Å²) in [7, 11) is 4.03. The van der Waals surface area contributed by atoms with Crippen LogP contribution in [-0.2, 0) is 4.79 Å². The molecule has 1 amide bonds. The van der Waals surface area contributed by atoms with Gasteiger partial charge in [0.05, 0.1) is 5.75 Å². The molecular formula is C10H22N2OS. The smallest absolute Gasteiger partial charge is 0.232 e. The van der Waals surface area contributed by atoms with E-state index < -0.39 is 0 Å². The van der Waals surface area contributed by atoms with E-state index in [1.165, 1.54) is 0 Å². The summed E-state index contributed by atoms with van der Waals surface area (Å²) in [5.74, 6) is 0.949. The standard InChI is InChI=1S/C10H22N2OS/c1-9(2)7-12(10(13)8-14)6-5-11(3)4/h9,14H,5-8H2,1-4H3. The monoisotopic (exact) mass is 218 g/mol. The van der Waals surface area contributed by atoms with Crippen LogP contribution in [0, 0.1) is 5.92 Å². The van der Waals surface area contributed by atoms with Crippen molar-refractivity contribution in [1.82, 2.24) is 9.80 Å². The number of hydrogen-bond acceptors (Lipinski definition) is 3. The van der Waals surface area contributed by atoms with Gasteiger partial charge in [-0.25, -0.2) is 0 Å². The molecule has 0 radical (unpaired) electrons. The van der Waals surface area contributed by atoms with Crippen LogP contribution in [0.5, 0.6) is 0 Å². The summed E-state index contributed by atoms with van der Waals surface area (Å²) in [5, 5.41) is 0. The van der Waals surface area contributed by atoms with Crippen LogP contribution < -0.4 is 0 Å². The van der Waals surface area contributed by atoms with Gasteiger partial charge in [-0.15, -0.1) is 0 Å².